The van der Waals surface area contributed by atoms with E-state index in [9.17, 15) is 4.79 Å². The predicted octanol–water partition coefficient (Wildman–Crippen LogP) is 1.93. The van der Waals surface area contributed by atoms with Crippen LogP contribution in [0.1, 0.15) is 25.7 Å². The van der Waals surface area contributed by atoms with Crippen molar-refractivity contribution in [3.63, 3.8) is 0 Å². The summed E-state index contributed by atoms with van der Waals surface area (Å²) in [5.41, 5.74) is 6.83. The van der Waals surface area contributed by atoms with Crippen LogP contribution in [0.5, 0.6) is 5.75 Å². The molecule has 1 aliphatic heterocycles. The summed E-state index contributed by atoms with van der Waals surface area (Å²) in [5, 5.41) is 0. The van der Waals surface area contributed by atoms with Crippen LogP contribution in [0.4, 0.5) is 5.69 Å². The van der Waals surface area contributed by atoms with Crippen molar-refractivity contribution in [2.45, 2.75) is 31.7 Å². The average molecular weight is 260 g/mol. The number of ether oxygens (including phenoxy) is 1. The minimum Gasteiger partial charge on any atom is -0.491 e. The third-order valence-electron chi connectivity index (χ3n) is 4.03. The van der Waals surface area contributed by atoms with E-state index in [1.807, 2.05) is 29.2 Å². The predicted molar refractivity (Wildman–Crippen MR) is 74.2 cm³/mol. The van der Waals surface area contributed by atoms with Gasteiger partial charge in [0.15, 0.2) is 0 Å². The topological polar surface area (TPSA) is 55.6 Å². The summed E-state index contributed by atoms with van der Waals surface area (Å²) in [6.45, 7) is 1.41. The number of anilines is 1. The lowest BCUT2D eigenvalue weighted by atomic mass is 10.1. The Kier molecular flexibility index (Phi) is 3.42. The van der Waals surface area contributed by atoms with E-state index in [0.29, 0.717) is 6.61 Å². The summed E-state index contributed by atoms with van der Waals surface area (Å²) >= 11 is 0. The Hall–Kier alpha value is -1.55. The van der Waals surface area contributed by atoms with Gasteiger partial charge in [0.25, 0.3) is 0 Å². The highest BCUT2D eigenvalue weighted by atomic mass is 16.5. The van der Waals surface area contributed by atoms with Gasteiger partial charge in [0.1, 0.15) is 5.75 Å². The van der Waals surface area contributed by atoms with Crippen molar-refractivity contribution in [2.24, 2.45) is 11.7 Å². The molecule has 2 N–H and O–H groups in total. The van der Waals surface area contributed by atoms with E-state index in [4.69, 9.17) is 10.5 Å². The molecule has 0 aromatic heterocycles. The van der Waals surface area contributed by atoms with E-state index >= 15 is 0 Å². The lowest BCUT2D eigenvalue weighted by Gasteiger charge is -2.24. The van der Waals surface area contributed by atoms with Crippen LogP contribution >= 0.6 is 0 Å². The fourth-order valence-corrected chi connectivity index (χ4v) is 3.02. The summed E-state index contributed by atoms with van der Waals surface area (Å²) < 4.78 is 5.69. The number of amides is 1. The van der Waals surface area contributed by atoms with Crippen LogP contribution in [0.3, 0.4) is 0 Å². The molecule has 1 saturated carbocycles. The van der Waals surface area contributed by atoms with Crippen LogP contribution in [-0.2, 0) is 4.79 Å². The molecular weight excluding hydrogens is 240 g/mol. The summed E-state index contributed by atoms with van der Waals surface area (Å²) in [4.78, 5) is 14.6. The van der Waals surface area contributed by atoms with Gasteiger partial charge < -0.3 is 15.4 Å². The lowest BCUT2D eigenvalue weighted by Crippen LogP contribution is -2.36. The number of rotatable bonds is 1. The Morgan fingerprint density at radius 2 is 2.16 bits per heavy atom. The second-order valence-corrected chi connectivity index (χ2v) is 5.43. The first-order chi connectivity index (χ1) is 9.25. The van der Waals surface area contributed by atoms with Gasteiger partial charge >= 0.3 is 0 Å². The summed E-state index contributed by atoms with van der Waals surface area (Å²) in [5.74, 6) is 1.11. The molecule has 2 atom stereocenters. The molecule has 0 saturated heterocycles. The third kappa shape index (κ3) is 2.45. The van der Waals surface area contributed by atoms with Crippen LogP contribution in [-0.4, -0.2) is 25.1 Å². The second-order valence-electron chi connectivity index (χ2n) is 5.43. The molecule has 1 amide bonds. The third-order valence-corrected chi connectivity index (χ3v) is 4.03. The molecule has 1 aromatic carbocycles. The first-order valence-corrected chi connectivity index (χ1v) is 7.04. The number of para-hydroxylation sites is 2. The fraction of sp³-hybridized carbons (Fsp3) is 0.533. The number of nitrogens with two attached hydrogens (primary N) is 1. The van der Waals surface area contributed by atoms with Gasteiger partial charge in [-0.25, -0.2) is 0 Å². The van der Waals surface area contributed by atoms with Gasteiger partial charge in [0, 0.05) is 18.5 Å². The highest BCUT2D eigenvalue weighted by Gasteiger charge is 2.33. The van der Waals surface area contributed by atoms with E-state index in [2.05, 4.69) is 0 Å². The Morgan fingerprint density at radius 3 is 2.95 bits per heavy atom. The molecule has 1 fully saturated rings. The SMILES string of the molecule is NC1CCC(C(=O)N2CCCOc3ccccc32)C1. The zero-order chi connectivity index (χ0) is 13.2. The maximum Gasteiger partial charge on any atom is 0.230 e. The number of benzene rings is 1. The van der Waals surface area contributed by atoms with Crippen molar-refractivity contribution in [2.75, 3.05) is 18.1 Å². The molecule has 1 aliphatic carbocycles. The molecule has 4 heteroatoms. The highest BCUT2D eigenvalue weighted by Crippen LogP contribution is 2.34. The van der Waals surface area contributed by atoms with Gasteiger partial charge in [0.2, 0.25) is 5.91 Å². The molecule has 4 nitrogen and oxygen atoms in total. The number of carbonyl (C=O) groups excluding carboxylic acids is 1. The number of carbonyl (C=O) groups is 1. The highest BCUT2D eigenvalue weighted by molar-refractivity contribution is 5.96. The molecule has 2 aliphatic rings. The molecule has 0 radical (unpaired) electrons. The van der Waals surface area contributed by atoms with Gasteiger partial charge in [-0.1, -0.05) is 12.1 Å². The van der Waals surface area contributed by atoms with Gasteiger partial charge in [-0.05, 0) is 37.8 Å². The van der Waals surface area contributed by atoms with E-state index in [1.54, 1.807) is 0 Å². The van der Waals surface area contributed by atoms with Crippen LogP contribution in [0, 0.1) is 5.92 Å². The standard InChI is InChI=1S/C15H20N2O2/c16-12-7-6-11(10-12)15(18)17-8-3-9-19-14-5-2-1-4-13(14)17/h1-2,4-5,11-12H,3,6-10,16H2. The van der Waals surface area contributed by atoms with Crippen molar-refractivity contribution in [1.29, 1.82) is 0 Å². The normalized spacial score (nSPS) is 26.5. The van der Waals surface area contributed by atoms with Gasteiger partial charge in [-0.3, -0.25) is 4.79 Å². The first kappa shape index (κ1) is 12.5. The molecule has 1 heterocycles. The molecule has 0 spiro atoms. The lowest BCUT2D eigenvalue weighted by molar-refractivity contribution is -0.122. The van der Waals surface area contributed by atoms with Crippen LogP contribution < -0.4 is 15.4 Å². The molecule has 0 bridgehead atoms. The minimum absolute atomic E-state index is 0.0844. The molecule has 1 aromatic rings. The average Bonchev–Trinajstić information content (AvgIpc) is 2.74. The molecule has 2 unspecified atom stereocenters. The van der Waals surface area contributed by atoms with Crippen molar-refractivity contribution in [3.05, 3.63) is 24.3 Å². The van der Waals surface area contributed by atoms with Crippen molar-refractivity contribution >= 4 is 11.6 Å². The Morgan fingerprint density at radius 1 is 1.32 bits per heavy atom. The molecule has 19 heavy (non-hydrogen) atoms. The monoisotopic (exact) mass is 260 g/mol. The number of hydrogen-bond acceptors (Lipinski definition) is 3. The molecular formula is C15H20N2O2. The smallest absolute Gasteiger partial charge is 0.230 e. The van der Waals surface area contributed by atoms with E-state index < -0.39 is 0 Å². The number of fused-ring (bicyclic) bond motifs is 1. The van der Waals surface area contributed by atoms with Gasteiger partial charge in [-0.2, -0.15) is 0 Å². The first-order valence-electron chi connectivity index (χ1n) is 7.04. The maximum atomic E-state index is 12.7. The van der Waals surface area contributed by atoms with E-state index in [1.165, 1.54) is 0 Å². The van der Waals surface area contributed by atoms with Crippen LogP contribution in [0.2, 0.25) is 0 Å². The summed E-state index contributed by atoms with van der Waals surface area (Å²) in [7, 11) is 0. The van der Waals surface area contributed by atoms with Crippen molar-refractivity contribution < 1.29 is 9.53 Å². The van der Waals surface area contributed by atoms with Crippen LogP contribution in [0.25, 0.3) is 0 Å². The Balaban J connectivity index is 1.85. The number of nitrogens with zero attached hydrogens (tertiary/aromatic N) is 1. The minimum atomic E-state index is 0.0844. The zero-order valence-electron chi connectivity index (χ0n) is 11.0. The summed E-state index contributed by atoms with van der Waals surface area (Å²) in [6, 6.07) is 7.98. The van der Waals surface area contributed by atoms with Crippen molar-refractivity contribution in [1.82, 2.24) is 0 Å². The second kappa shape index (κ2) is 5.21. The zero-order valence-corrected chi connectivity index (χ0v) is 11.0. The Bertz CT molecular complexity index is 475. The quantitative estimate of drug-likeness (QED) is 0.839. The van der Waals surface area contributed by atoms with E-state index in [0.717, 1.165) is 43.7 Å². The summed E-state index contributed by atoms with van der Waals surface area (Å²) in [6.07, 6.45) is 3.57. The van der Waals surface area contributed by atoms with Crippen molar-refractivity contribution in [3.8, 4) is 5.75 Å². The molecule has 102 valence electrons. The van der Waals surface area contributed by atoms with E-state index in [-0.39, 0.29) is 17.9 Å². The number of hydrogen-bond donors (Lipinski definition) is 1. The Labute approximate surface area is 113 Å². The van der Waals surface area contributed by atoms with Crippen LogP contribution in [0.15, 0.2) is 24.3 Å². The van der Waals surface area contributed by atoms with Gasteiger partial charge in [-0.15, -0.1) is 0 Å². The molecule has 3 rings (SSSR count). The largest absolute Gasteiger partial charge is 0.491 e. The van der Waals surface area contributed by atoms with Gasteiger partial charge in [0.05, 0.1) is 12.3 Å². The fourth-order valence-electron chi connectivity index (χ4n) is 3.02. The maximum absolute atomic E-state index is 12.7.